The molecule has 1 aromatic heterocycles. The molecule has 0 aliphatic carbocycles. The van der Waals surface area contributed by atoms with Crippen molar-refractivity contribution in [2.75, 3.05) is 0 Å². The lowest BCUT2D eigenvalue weighted by atomic mass is 9.99. The summed E-state index contributed by atoms with van der Waals surface area (Å²) in [5.41, 5.74) is 3.60. The fraction of sp³-hybridized carbons (Fsp3) is 0.385. The molecule has 0 spiro atoms. The van der Waals surface area contributed by atoms with Gasteiger partial charge in [0.2, 0.25) is 0 Å². The number of carbonyl (C=O) groups is 1. The van der Waals surface area contributed by atoms with E-state index in [-0.39, 0.29) is 11.3 Å². The third-order valence-electron chi connectivity index (χ3n) is 5.78. The van der Waals surface area contributed by atoms with Crippen LogP contribution < -0.4 is 5.69 Å². The topological polar surface area (TPSA) is 64.2 Å². The Morgan fingerprint density at radius 3 is 2.28 bits per heavy atom. The Morgan fingerprint density at radius 2 is 1.62 bits per heavy atom. The number of hydrogen-bond donors (Lipinski definition) is 1. The molecule has 5 nitrogen and oxygen atoms in total. The number of nitrogens with zero attached hydrogens (tertiary/aromatic N) is 2. The zero-order chi connectivity index (χ0) is 23.1. The van der Waals surface area contributed by atoms with E-state index in [9.17, 15) is 14.7 Å². The Morgan fingerprint density at radius 1 is 0.938 bits per heavy atom. The molecule has 0 radical (unpaired) electrons. The zero-order valence-corrected chi connectivity index (χ0v) is 19.6. The SMILES string of the molecule is CCCCCn1c(Cl)c(CCCC)n(Cc2ccc(-c3ccccc3C(=O)O)cc2)c1=O. The van der Waals surface area contributed by atoms with Gasteiger partial charge in [-0.1, -0.05) is 87.2 Å². The number of carboxylic acid groups (broad SMARTS) is 1. The molecule has 0 saturated heterocycles. The second-order valence-corrected chi connectivity index (χ2v) is 8.47. The summed E-state index contributed by atoms with van der Waals surface area (Å²) in [5.74, 6) is -0.948. The summed E-state index contributed by atoms with van der Waals surface area (Å²) in [6.45, 7) is 5.35. The number of aromatic nitrogens is 2. The molecular weight excluding hydrogens is 424 g/mol. The Hall–Kier alpha value is -2.79. The maximum absolute atomic E-state index is 13.2. The quantitative estimate of drug-likeness (QED) is 0.348. The highest BCUT2D eigenvalue weighted by atomic mass is 35.5. The fourth-order valence-corrected chi connectivity index (χ4v) is 4.32. The first-order valence-electron chi connectivity index (χ1n) is 11.4. The molecule has 1 heterocycles. The van der Waals surface area contributed by atoms with Crippen molar-refractivity contribution in [3.8, 4) is 11.1 Å². The third kappa shape index (κ3) is 5.33. The van der Waals surface area contributed by atoms with Gasteiger partial charge in [-0.05, 0) is 42.0 Å². The molecule has 0 unspecified atom stereocenters. The second-order valence-electron chi connectivity index (χ2n) is 8.12. The van der Waals surface area contributed by atoms with Crippen molar-refractivity contribution in [3.63, 3.8) is 0 Å². The summed E-state index contributed by atoms with van der Waals surface area (Å²) < 4.78 is 3.50. The summed E-state index contributed by atoms with van der Waals surface area (Å²) in [5, 5.41) is 10.0. The van der Waals surface area contributed by atoms with Crippen LogP contribution in [0.1, 0.15) is 67.6 Å². The van der Waals surface area contributed by atoms with E-state index in [0.29, 0.717) is 23.8 Å². The summed E-state index contributed by atoms with van der Waals surface area (Å²) in [7, 11) is 0. The van der Waals surface area contributed by atoms with Gasteiger partial charge in [-0.2, -0.15) is 0 Å². The van der Waals surface area contributed by atoms with Gasteiger partial charge in [-0.15, -0.1) is 0 Å². The lowest BCUT2D eigenvalue weighted by Crippen LogP contribution is -2.25. The van der Waals surface area contributed by atoms with Crippen molar-refractivity contribution < 1.29 is 9.90 Å². The molecule has 32 heavy (non-hydrogen) atoms. The van der Waals surface area contributed by atoms with Crippen molar-refractivity contribution in [1.82, 2.24) is 9.13 Å². The first-order valence-corrected chi connectivity index (χ1v) is 11.7. The first-order chi connectivity index (χ1) is 15.5. The Bertz CT molecular complexity index is 1110. The van der Waals surface area contributed by atoms with Crippen LogP contribution in [0.4, 0.5) is 0 Å². The minimum atomic E-state index is -0.948. The first kappa shape index (κ1) is 23.9. The van der Waals surface area contributed by atoms with Gasteiger partial charge in [0.1, 0.15) is 5.15 Å². The second kappa shape index (κ2) is 11.2. The zero-order valence-electron chi connectivity index (χ0n) is 18.8. The molecule has 0 aliphatic rings. The summed E-state index contributed by atoms with van der Waals surface area (Å²) in [6, 6.07) is 14.7. The molecule has 0 atom stereocenters. The molecule has 3 aromatic rings. The number of imidazole rings is 1. The van der Waals surface area contributed by atoms with Gasteiger partial charge in [-0.25, -0.2) is 9.59 Å². The number of halogens is 1. The summed E-state index contributed by atoms with van der Waals surface area (Å²) in [4.78, 5) is 24.7. The fourth-order valence-electron chi connectivity index (χ4n) is 3.97. The van der Waals surface area contributed by atoms with Crippen LogP contribution in [0.15, 0.2) is 53.3 Å². The molecule has 0 aliphatic heterocycles. The smallest absolute Gasteiger partial charge is 0.336 e. The molecule has 170 valence electrons. The Kier molecular flexibility index (Phi) is 8.34. The average Bonchev–Trinajstić information content (AvgIpc) is 3.02. The average molecular weight is 455 g/mol. The van der Waals surface area contributed by atoms with Crippen molar-refractivity contribution in [3.05, 3.63) is 81.0 Å². The molecule has 0 bridgehead atoms. The van der Waals surface area contributed by atoms with Gasteiger partial charge in [0.15, 0.2) is 0 Å². The number of hydrogen-bond acceptors (Lipinski definition) is 2. The van der Waals surface area contributed by atoms with Crippen LogP contribution in [0.5, 0.6) is 0 Å². The predicted octanol–water partition coefficient (Wildman–Crippen LogP) is 6.25. The van der Waals surface area contributed by atoms with Gasteiger partial charge in [0.05, 0.1) is 17.8 Å². The standard InChI is InChI=1S/C26H31ClN2O3/c1-3-5-9-17-28-24(27)23(12-6-4-2)29(26(28)32)18-19-13-15-20(16-14-19)21-10-7-8-11-22(21)25(30)31/h7-8,10-11,13-16H,3-6,9,12,17-18H2,1-2H3,(H,30,31). The lowest BCUT2D eigenvalue weighted by Gasteiger charge is -2.10. The monoisotopic (exact) mass is 454 g/mol. The lowest BCUT2D eigenvalue weighted by molar-refractivity contribution is 0.0697. The number of benzene rings is 2. The Balaban J connectivity index is 1.90. The highest BCUT2D eigenvalue weighted by molar-refractivity contribution is 6.30. The van der Waals surface area contributed by atoms with E-state index >= 15 is 0 Å². The van der Waals surface area contributed by atoms with Crippen LogP contribution in [0, 0.1) is 0 Å². The molecule has 3 rings (SSSR count). The maximum Gasteiger partial charge on any atom is 0.336 e. The largest absolute Gasteiger partial charge is 0.478 e. The molecule has 2 aromatic carbocycles. The van der Waals surface area contributed by atoms with E-state index in [1.165, 1.54) is 0 Å². The van der Waals surface area contributed by atoms with E-state index in [2.05, 4.69) is 13.8 Å². The van der Waals surface area contributed by atoms with Crippen LogP contribution in [-0.4, -0.2) is 20.2 Å². The Labute approximate surface area is 194 Å². The van der Waals surface area contributed by atoms with Gasteiger partial charge >= 0.3 is 11.7 Å². The van der Waals surface area contributed by atoms with Crippen molar-refractivity contribution in [2.24, 2.45) is 0 Å². The van der Waals surface area contributed by atoms with Gasteiger partial charge in [0, 0.05) is 6.54 Å². The van der Waals surface area contributed by atoms with Gasteiger partial charge in [-0.3, -0.25) is 9.13 Å². The van der Waals surface area contributed by atoms with E-state index in [1.807, 2.05) is 36.4 Å². The molecule has 0 fully saturated rings. The van der Waals surface area contributed by atoms with Crippen molar-refractivity contribution in [2.45, 2.75) is 65.5 Å². The maximum atomic E-state index is 13.2. The molecule has 0 saturated carbocycles. The van der Waals surface area contributed by atoms with Crippen molar-refractivity contribution >= 4 is 17.6 Å². The predicted molar refractivity (Wildman–Crippen MR) is 130 cm³/mol. The van der Waals surface area contributed by atoms with Crippen LogP contribution in [0.3, 0.4) is 0 Å². The molecule has 0 amide bonds. The van der Waals surface area contributed by atoms with Gasteiger partial charge in [0.25, 0.3) is 0 Å². The van der Waals surface area contributed by atoms with Crippen LogP contribution in [0.25, 0.3) is 11.1 Å². The van der Waals surface area contributed by atoms with E-state index in [4.69, 9.17) is 11.6 Å². The van der Waals surface area contributed by atoms with Crippen molar-refractivity contribution in [1.29, 1.82) is 0 Å². The van der Waals surface area contributed by atoms with Crippen LogP contribution in [0.2, 0.25) is 5.15 Å². The number of carboxylic acids is 1. The summed E-state index contributed by atoms with van der Waals surface area (Å²) >= 11 is 6.65. The van der Waals surface area contributed by atoms with E-state index in [1.54, 1.807) is 21.3 Å². The molecule has 1 N–H and O–H groups in total. The van der Waals surface area contributed by atoms with E-state index < -0.39 is 5.97 Å². The minimum absolute atomic E-state index is 0.0579. The number of unbranched alkanes of at least 4 members (excludes halogenated alkanes) is 3. The molecule has 6 heteroatoms. The summed E-state index contributed by atoms with van der Waals surface area (Å²) in [6.07, 6.45) is 5.87. The highest BCUT2D eigenvalue weighted by Gasteiger charge is 2.18. The molecular formula is C26H31ClN2O3. The number of aromatic carboxylic acids is 1. The van der Waals surface area contributed by atoms with E-state index in [0.717, 1.165) is 55.3 Å². The van der Waals surface area contributed by atoms with Crippen LogP contribution >= 0.6 is 11.6 Å². The highest BCUT2D eigenvalue weighted by Crippen LogP contribution is 2.25. The minimum Gasteiger partial charge on any atom is -0.478 e. The number of rotatable bonds is 11. The third-order valence-corrected chi connectivity index (χ3v) is 6.20. The normalized spacial score (nSPS) is 11.1. The van der Waals surface area contributed by atoms with Crippen LogP contribution in [-0.2, 0) is 19.5 Å². The van der Waals surface area contributed by atoms with Gasteiger partial charge < -0.3 is 5.11 Å².